The number of hydrogen-bond donors (Lipinski definition) is 0. The second-order valence-corrected chi connectivity index (χ2v) is 7.47. The molecule has 0 aliphatic rings. The molecule has 1 heterocycles. The Hall–Kier alpha value is -0.790. The molecule has 0 N–H and O–H groups in total. The molecule has 24 heavy (non-hydrogen) atoms. The van der Waals surface area contributed by atoms with Crippen molar-refractivity contribution in [3.8, 4) is 0 Å². The van der Waals surface area contributed by atoms with E-state index >= 15 is 0 Å². The van der Waals surface area contributed by atoms with Gasteiger partial charge in [0.15, 0.2) is 0 Å². The predicted octanol–water partition coefficient (Wildman–Crippen LogP) is 6.59. The fourth-order valence-corrected chi connectivity index (χ4v) is 3.49. The van der Waals surface area contributed by atoms with Crippen molar-refractivity contribution < 1.29 is 4.57 Å². The molecule has 140 valence electrons. The molecule has 0 spiro atoms. The summed E-state index contributed by atoms with van der Waals surface area (Å²) in [7, 11) is 0. The van der Waals surface area contributed by atoms with E-state index in [1.165, 1.54) is 109 Å². The van der Waals surface area contributed by atoms with Gasteiger partial charge in [-0.3, -0.25) is 0 Å². The molecular formula is C22H43N2+. The van der Waals surface area contributed by atoms with Crippen LogP contribution in [-0.2, 0) is 13.1 Å². The van der Waals surface area contributed by atoms with E-state index in [1.807, 2.05) is 0 Å². The van der Waals surface area contributed by atoms with Gasteiger partial charge in [-0.1, -0.05) is 78.1 Å². The summed E-state index contributed by atoms with van der Waals surface area (Å²) in [6.45, 7) is 9.25. The molecule has 1 aromatic heterocycles. The lowest BCUT2D eigenvalue weighted by Crippen LogP contribution is -2.35. The van der Waals surface area contributed by atoms with Crippen LogP contribution in [0.3, 0.4) is 0 Å². The largest absolute Gasteiger partial charge is 0.253 e. The van der Waals surface area contributed by atoms with Gasteiger partial charge in [-0.15, -0.1) is 0 Å². The Morgan fingerprint density at radius 2 is 1.21 bits per heavy atom. The highest BCUT2D eigenvalue weighted by atomic mass is 15.1. The molecule has 1 aromatic rings. The minimum atomic E-state index is 1.20. The third kappa shape index (κ3) is 9.49. The summed E-state index contributed by atoms with van der Waals surface area (Å²) in [5, 5.41) is 0. The quantitative estimate of drug-likeness (QED) is 0.238. The Balaban J connectivity index is 2.09. The summed E-state index contributed by atoms with van der Waals surface area (Å²) in [5.74, 6) is 1.44. The van der Waals surface area contributed by atoms with E-state index in [0.717, 1.165) is 0 Å². The lowest BCUT2D eigenvalue weighted by molar-refractivity contribution is -0.702. The molecule has 2 nitrogen and oxygen atoms in total. The Labute approximate surface area is 151 Å². The molecule has 0 aliphatic heterocycles. The number of rotatable bonds is 16. The zero-order chi connectivity index (χ0) is 17.5. The zero-order valence-electron chi connectivity index (χ0n) is 16.9. The minimum absolute atomic E-state index is 1.20. The molecule has 0 aromatic carbocycles. The van der Waals surface area contributed by atoms with Gasteiger partial charge in [-0.25, -0.2) is 9.13 Å². The van der Waals surface area contributed by atoms with E-state index in [4.69, 9.17) is 0 Å². The fourth-order valence-electron chi connectivity index (χ4n) is 3.49. The van der Waals surface area contributed by atoms with Gasteiger partial charge in [0.1, 0.15) is 12.4 Å². The second kappa shape index (κ2) is 14.5. The normalized spacial score (nSPS) is 11.3. The third-order valence-corrected chi connectivity index (χ3v) is 5.26. The molecular weight excluding hydrogens is 292 g/mol. The average Bonchev–Trinajstić information content (AvgIpc) is 2.93. The lowest BCUT2D eigenvalue weighted by atomic mass is 10.1. The topological polar surface area (TPSA) is 8.81 Å². The number of hydrogen-bond acceptors (Lipinski definition) is 0. The molecule has 0 bridgehead atoms. The predicted molar refractivity (Wildman–Crippen MR) is 105 cm³/mol. The summed E-state index contributed by atoms with van der Waals surface area (Å²) in [4.78, 5) is 0. The van der Waals surface area contributed by atoms with Crippen LogP contribution in [0.2, 0.25) is 0 Å². The van der Waals surface area contributed by atoms with E-state index in [0.29, 0.717) is 0 Å². The van der Waals surface area contributed by atoms with E-state index in [9.17, 15) is 0 Å². The molecule has 0 atom stereocenters. The van der Waals surface area contributed by atoms with E-state index < -0.39 is 0 Å². The summed E-state index contributed by atoms with van der Waals surface area (Å²) >= 11 is 0. The van der Waals surface area contributed by atoms with Crippen LogP contribution in [0.5, 0.6) is 0 Å². The lowest BCUT2D eigenvalue weighted by Gasteiger charge is -2.03. The number of aryl methyl sites for hydroxylation is 2. The van der Waals surface area contributed by atoms with Crippen LogP contribution >= 0.6 is 0 Å². The van der Waals surface area contributed by atoms with Gasteiger partial charge < -0.3 is 0 Å². The number of imidazole rings is 1. The first-order valence-electron chi connectivity index (χ1n) is 10.8. The first kappa shape index (κ1) is 21.3. The number of aromatic nitrogens is 2. The van der Waals surface area contributed by atoms with Gasteiger partial charge in [0.05, 0.1) is 13.1 Å². The Kier molecular flexibility index (Phi) is 12.9. The van der Waals surface area contributed by atoms with Crippen LogP contribution in [0, 0.1) is 6.92 Å². The van der Waals surface area contributed by atoms with E-state index in [-0.39, 0.29) is 0 Å². The zero-order valence-corrected chi connectivity index (χ0v) is 16.9. The van der Waals surface area contributed by atoms with Crippen molar-refractivity contribution >= 4 is 0 Å². The van der Waals surface area contributed by atoms with E-state index in [2.05, 4.69) is 42.3 Å². The van der Waals surface area contributed by atoms with Crippen molar-refractivity contribution in [3.05, 3.63) is 18.2 Å². The van der Waals surface area contributed by atoms with Gasteiger partial charge in [0.2, 0.25) is 0 Å². The molecule has 0 unspecified atom stereocenters. The number of unbranched alkanes of at least 4 members (excludes halogenated alkanes) is 12. The molecule has 0 saturated heterocycles. The molecule has 0 saturated carbocycles. The molecule has 0 radical (unpaired) electrons. The third-order valence-electron chi connectivity index (χ3n) is 5.26. The maximum absolute atomic E-state index is 2.45. The van der Waals surface area contributed by atoms with Crippen LogP contribution in [-0.4, -0.2) is 4.57 Å². The Morgan fingerprint density at radius 1 is 0.708 bits per heavy atom. The highest BCUT2D eigenvalue weighted by molar-refractivity contribution is 4.79. The summed E-state index contributed by atoms with van der Waals surface area (Å²) in [6, 6.07) is 0. The highest BCUT2D eigenvalue weighted by Gasteiger charge is 2.11. The van der Waals surface area contributed by atoms with Crippen LogP contribution in [0.4, 0.5) is 0 Å². The summed E-state index contributed by atoms with van der Waals surface area (Å²) in [6.07, 6.45) is 24.1. The Bertz CT molecular complexity index is 395. The highest BCUT2D eigenvalue weighted by Crippen LogP contribution is 2.09. The van der Waals surface area contributed by atoms with Gasteiger partial charge in [-0.05, 0) is 25.7 Å². The van der Waals surface area contributed by atoms with Crippen molar-refractivity contribution in [2.24, 2.45) is 0 Å². The molecule has 0 fully saturated rings. The molecule has 1 rings (SSSR count). The summed E-state index contributed by atoms with van der Waals surface area (Å²) in [5.41, 5.74) is 0. The van der Waals surface area contributed by atoms with Crippen molar-refractivity contribution in [3.63, 3.8) is 0 Å². The maximum Gasteiger partial charge on any atom is 0.253 e. The number of nitrogens with zero attached hydrogens (tertiary/aromatic N) is 2. The standard InChI is InChI=1S/C22H43N2/c1-4-6-8-10-12-13-15-17-19-24-21-20-23(22(24)3)18-16-14-11-9-7-5-2/h20-21H,4-19H2,1-3H3/q+1. The van der Waals surface area contributed by atoms with Crippen LogP contribution in [0.25, 0.3) is 0 Å². The molecule has 2 heteroatoms. The van der Waals surface area contributed by atoms with Gasteiger partial charge in [0, 0.05) is 6.92 Å². The van der Waals surface area contributed by atoms with Crippen LogP contribution in [0.15, 0.2) is 12.4 Å². The first-order valence-corrected chi connectivity index (χ1v) is 10.8. The summed E-state index contributed by atoms with van der Waals surface area (Å²) < 4.78 is 4.90. The van der Waals surface area contributed by atoms with Crippen molar-refractivity contribution in [1.29, 1.82) is 0 Å². The van der Waals surface area contributed by atoms with Gasteiger partial charge in [0.25, 0.3) is 5.82 Å². The maximum atomic E-state index is 2.45. The fraction of sp³-hybridized carbons (Fsp3) is 0.864. The minimum Gasteiger partial charge on any atom is -0.234 e. The van der Waals surface area contributed by atoms with Crippen LogP contribution in [0.1, 0.15) is 110 Å². The smallest absolute Gasteiger partial charge is 0.234 e. The van der Waals surface area contributed by atoms with Gasteiger partial charge in [-0.2, -0.15) is 0 Å². The van der Waals surface area contributed by atoms with Crippen molar-refractivity contribution in [2.45, 2.75) is 124 Å². The van der Waals surface area contributed by atoms with Gasteiger partial charge >= 0.3 is 0 Å². The SMILES string of the molecule is CCCCCCCCCC[n+]1ccn(CCCCCCCC)c1C. The van der Waals surface area contributed by atoms with Crippen LogP contribution < -0.4 is 4.57 Å². The molecule has 0 aliphatic carbocycles. The monoisotopic (exact) mass is 335 g/mol. The van der Waals surface area contributed by atoms with Crippen molar-refractivity contribution in [2.75, 3.05) is 0 Å². The van der Waals surface area contributed by atoms with Crippen molar-refractivity contribution in [1.82, 2.24) is 4.57 Å². The Morgan fingerprint density at radius 3 is 1.79 bits per heavy atom. The average molecular weight is 336 g/mol. The molecule has 0 amide bonds. The van der Waals surface area contributed by atoms with E-state index in [1.54, 1.807) is 0 Å². The first-order chi connectivity index (χ1) is 11.8. The second-order valence-electron chi connectivity index (χ2n) is 7.47.